The van der Waals surface area contributed by atoms with Crippen LogP contribution in [0.1, 0.15) is 30.3 Å². The Balaban J connectivity index is 2.59. The van der Waals surface area contributed by atoms with Crippen molar-refractivity contribution < 1.29 is 9.53 Å². The molecule has 0 bridgehead atoms. The Morgan fingerprint density at radius 1 is 1.38 bits per heavy atom. The lowest BCUT2D eigenvalue weighted by Crippen LogP contribution is -2.01. The van der Waals surface area contributed by atoms with Gasteiger partial charge in [-0.15, -0.1) is 0 Å². The number of rotatable bonds is 4. The first-order valence-electron chi connectivity index (χ1n) is 5.39. The molecule has 0 unspecified atom stereocenters. The van der Waals surface area contributed by atoms with Crippen LogP contribution in [-0.4, -0.2) is 17.6 Å². The number of carbonyl (C=O) groups excluding carboxylic acids is 1. The van der Waals surface area contributed by atoms with Gasteiger partial charge < -0.3 is 4.74 Å². The van der Waals surface area contributed by atoms with E-state index >= 15 is 0 Å². The Kier molecular flexibility index (Phi) is 4.70. The first-order valence-corrected chi connectivity index (χ1v) is 5.39. The van der Waals surface area contributed by atoms with Crippen LogP contribution in [0.3, 0.4) is 0 Å². The quantitative estimate of drug-likeness (QED) is 0.731. The average Bonchev–Trinajstić information content (AvgIpc) is 2.16. The minimum absolute atomic E-state index is 0.193. The molecule has 0 aromatic carbocycles. The van der Waals surface area contributed by atoms with Crippen LogP contribution < -0.4 is 0 Å². The summed E-state index contributed by atoms with van der Waals surface area (Å²) < 4.78 is 4.82. The van der Waals surface area contributed by atoms with E-state index in [0.717, 1.165) is 17.0 Å². The number of aryl methyl sites for hydroxylation is 2. The van der Waals surface area contributed by atoms with Gasteiger partial charge >= 0.3 is 5.97 Å². The van der Waals surface area contributed by atoms with Gasteiger partial charge in [-0.3, -0.25) is 9.78 Å². The highest BCUT2D eigenvalue weighted by Gasteiger charge is 1.97. The molecule has 0 fully saturated rings. The third-order valence-electron chi connectivity index (χ3n) is 2.00. The van der Waals surface area contributed by atoms with Crippen molar-refractivity contribution in [1.82, 2.24) is 4.98 Å². The van der Waals surface area contributed by atoms with Crippen LogP contribution in [0.15, 0.2) is 18.2 Å². The number of carbonyl (C=O) groups is 1. The van der Waals surface area contributed by atoms with Crippen molar-refractivity contribution in [2.75, 3.05) is 6.61 Å². The molecule has 0 amide bonds. The highest BCUT2D eigenvalue weighted by molar-refractivity contribution is 5.72. The summed E-state index contributed by atoms with van der Waals surface area (Å²) in [6.45, 7) is 6.14. The van der Waals surface area contributed by atoms with Crippen LogP contribution in [-0.2, 0) is 9.53 Å². The molecule has 0 N–H and O–H groups in total. The summed E-state index contributed by atoms with van der Waals surface area (Å²) in [4.78, 5) is 15.4. The number of aromatic nitrogens is 1. The van der Waals surface area contributed by atoms with Crippen molar-refractivity contribution in [2.24, 2.45) is 0 Å². The average molecular weight is 219 g/mol. The van der Waals surface area contributed by atoms with E-state index in [2.05, 4.69) is 4.98 Å². The number of esters is 1. The maximum atomic E-state index is 11.1. The van der Waals surface area contributed by atoms with Gasteiger partial charge in [0.05, 0.1) is 13.0 Å². The van der Waals surface area contributed by atoms with Crippen molar-refractivity contribution in [2.45, 2.75) is 27.2 Å². The van der Waals surface area contributed by atoms with Crippen molar-refractivity contribution >= 4 is 12.0 Å². The lowest BCUT2D eigenvalue weighted by Gasteiger charge is -1.99. The first-order chi connectivity index (χ1) is 7.61. The minimum Gasteiger partial charge on any atom is -0.466 e. The van der Waals surface area contributed by atoms with Crippen molar-refractivity contribution in [3.63, 3.8) is 0 Å². The predicted molar refractivity (Wildman–Crippen MR) is 64.0 cm³/mol. The summed E-state index contributed by atoms with van der Waals surface area (Å²) in [5, 5.41) is 0. The van der Waals surface area contributed by atoms with E-state index in [4.69, 9.17) is 4.74 Å². The summed E-state index contributed by atoms with van der Waals surface area (Å²) in [7, 11) is 0. The standard InChI is InChI=1S/C13H17NO2/c1-4-16-13(15)7-5-6-12-8-10(2)14-11(3)9-12/h5-6,8-9H,4,7H2,1-3H3. The highest BCUT2D eigenvalue weighted by Crippen LogP contribution is 2.07. The van der Waals surface area contributed by atoms with E-state index in [1.807, 2.05) is 38.1 Å². The van der Waals surface area contributed by atoms with E-state index in [9.17, 15) is 4.79 Å². The number of hydrogen-bond donors (Lipinski definition) is 0. The lowest BCUT2D eigenvalue weighted by molar-refractivity contribution is -0.142. The fraction of sp³-hybridized carbons (Fsp3) is 0.385. The zero-order chi connectivity index (χ0) is 12.0. The Bertz CT molecular complexity index is 377. The van der Waals surface area contributed by atoms with Gasteiger partial charge in [0, 0.05) is 11.4 Å². The van der Waals surface area contributed by atoms with Gasteiger partial charge in [0.2, 0.25) is 0 Å². The third kappa shape index (κ3) is 4.26. The van der Waals surface area contributed by atoms with Crippen LogP contribution >= 0.6 is 0 Å². The van der Waals surface area contributed by atoms with Crippen LogP contribution in [0.4, 0.5) is 0 Å². The number of pyridine rings is 1. The van der Waals surface area contributed by atoms with E-state index in [0.29, 0.717) is 13.0 Å². The van der Waals surface area contributed by atoms with Gasteiger partial charge in [0.1, 0.15) is 0 Å². The Morgan fingerprint density at radius 2 is 2.00 bits per heavy atom. The van der Waals surface area contributed by atoms with Gasteiger partial charge in [-0.05, 0) is 38.5 Å². The molecule has 1 aromatic heterocycles. The van der Waals surface area contributed by atoms with Crippen LogP contribution in [0, 0.1) is 13.8 Å². The minimum atomic E-state index is -0.193. The van der Waals surface area contributed by atoms with Gasteiger partial charge in [-0.25, -0.2) is 0 Å². The lowest BCUT2D eigenvalue weighted by atomic mass is 10.2. The zero-order valence-corrected chi connectivity index (χ0v) is 9.99. The molecule has 3 nitrogen and oxygen atoms in total. The normalized spacial score (nSPS) is 10.7. The van der Waals surface area contributed by atoms with Crippen LogP contribution in [0.5, 0.6) is 0 Å². The number of ether oxygens (including phenoxy) is 1. The molecule has 0 saturated heterocycles. The van der Waals surface area contributed by atoms with Gasteiger partial charge in [-0.2, -0.15) is 0 Å². The molecule has 0 spiro atoms. The Morgan fingerprint density at radius 3 is 2.56 bits per heavy atom. The zero-order valence-electron chi connectivity index (χ0n) is 9.99. The molecule has 1 heterocycles. The second-order valence-electron chi connectivity index (χ2n) is 3.59. The summed E-state index contributed by atoms with van der Waals surface area (Å²) in [6.07, 6.45) is 4.04. The molecule has 86 valence electrons. The summed E-state index contributed by atoms with van der Waals surface area (Å²) >= 11 is 0. The summed E-state index contributed by atoms with van der Waals surface area (Å²) in [5.74, 6) is -0.193. The fourth-order valence-electron chi connectivity index (χ4n) is 1.47. The molecule has 1 aromatic rings. The molecule has 3 heteroatoms. The maximum Gasteiger partial charge on any atom is 0.309 e. The number of nitrogens with zero attached hydrogens (tertiary/aromatic N) is 1. The molecule has 0 radical (unpaired) electrons. The SMILES string of the molecule is CCOC(=O)CC=Cc1cc(C)nc(C)c1. The predicted octanol–water partition coefficient (Wildman–Crippen LogP) is 2.66. The van der Waals surface area contributed by atoms with Crippen molar-refractivity contribution in [3.8, 4) is 0 Å². The van der Waals surface area contributed by atoms with E-state index in [-0.39, 0.29) is 5.97 Å². The number of hydrogen-bond acceptors (Lipinski definition) is 3. The smallest absolute Gasteiger partial charge is 0.309 e. The largest absolute Gasteiger partial charge is 0.466 e. The molecule has 0 saturated carbocycles. The Labute approximate surface area is 96.2 Å². The van der Waals surface area contributed by atoms with Gasteiger partial charge in [0.15, 0.2) is 0 Å². The topological polar surface area (TPSA) is 39.2 Å². The van der Waals surface area contributed by atoms with Crippen molar-refractivity contribution in [1.29, 1.82) is 0 Å². The maximum absolute atomic E-state index is 11.1. The molecule has 0 aliphatic carbocycles. The fourth-order valence-corrected chi connectivity index (χ4v) is 1.47. The van der Waals surface area contributed by atoms with Crippen LogP contribution in [0.2, 0.25) is 0 Å². The second-order valence-corrected chi connectivity index (χ2v) is 3.59. The Hall–Kier alpha value is -1.64. The van der Waals surface area contributed by atoms with E-state index in [1.54, 1.807) is 6.92 Å². The summed E-state index contributed by atoms with van der Waals surface area (Å²) in [5.41, 5.74) is 3.03. The molecular formula is C13H17NO2. The molecule has 0 aliphatic rings. The van der Waals surface area contributed by atoms with E-state index in [1.165, 1.54) is 0 Å². The molecule has 0 aliphatic heterocycles. The molecule has 1 rings (SSSR count). The monoisotopic (exact) mass is 219 g/mol. The molecule has 16 heavy (non-hydrogen) atoms. The molecule has 0 atom stereocenters. The first kappa shape index (κ1) is 12.4. The van der Waals surface area contributed by atoms with Gasteiger partial charge in [0.25, 0.3) is 0 Å². The second kappa shape index (κ2) is 6.05. The third-order valence-corrected chi connectivity index (χ3v) is 2.00. The molecular weight excluding hydrogens is 202 g/mol. The van der Waals surface area contributed by atoms with E-state index < -0.39 is 0 Å². The van der Waals surface area contributed by atoms with Crippen molar-refractivity contribution in [3.05, 3.63) is 35.2 Å². The van der Waals surface area contributed by atoms with Gasteiger partial charge in [-0.1, -0.05) is 12.2 Å². The summed E-state index contributed by atoms with van der Waals surface area (Å²) in [6, 6.07) is 3.96. The highest BCUT2D eigenvalue weighted by atomic mass is 16.5. The van der Waals surface area contributed by atoms with Crippen LogP contribution in [0.25, 0.3) is 6.08 Å².